The van der Waals surface area contributed by atoms with Crippen molar-refractivity contribution in [1.29, 1.82) is 0 Å². The van der Waals surface area contributed by atoms with Gasteiger partial charge in [0.25, 0.3) is 0 Å². The van der Waals surface area contributed by atoms with E-state index < -0.39 is 7.12 Å². The highest BCUT2D eigenvalue weighted by Crippen LogP contribution is 2.17. The first-order chi connectivity index (χ1) is 8.65. The van der Waals surface area contributed by atoms with Crippen molar-refractivity contribution < 1.29 is 14.6 Å². The lowest BCUT2D eigenvalue weighted by Gasteiger charge is -2.01. The maximum Gasteiger partial charge on any atom is 0.489 e. The molecule has 3 aromatic heterocycles. The molecule has 0 unspecified atom stereocenters. The van der Waals surface area contributed by atoms with Gasteiger partial charge < -0.3 is 14.6 Å². The van der Waals surface area contributed by atoms with E-state index in [4.69, 9.17) is 14.6 Å². The molecule has 90 valence electrons. The van der Waals surface area contributed by atoms with Crippen LogP contribution in [0.2, 0.25) is 0 Å². The highest BCUT2D eigenvalue weighted by molar-refractivity contribution is 6.58. The third-order valence-corrected chi connectivity index (χ3v) is 2.58. The molecule has 3 heterocycles. The zero-order valence-electron chi connectivity index (χ0n) is 9.48. The molecule has 0 atom stereocenters. The van der Waals surface area contributed by atoms with Gasteiger partial charge in [-0.2, -0.15) is 0 Å². The van der Waals surface area contributed by atoms with Gasteiger partial charge in [0.1, 0.15) is 5.76 Å². The van der Waals surface area contributed by atoms with Crippen molar-refractivity contribution >= 4 is 18.2 Å². The first kappa shape index (κ1) is 10.9. The van der Waals surface area contributed by atoms with E-state index >= 15 is 0 Å². The molecule has 0 aliphatic carbocycles. The van der Waals surface area contributed by atoms with Gasteiger partial charge in [0.05, 0.1) is 0 Å². The molecular formula is C10H9BN4O3. The fourth-order valence-electron chi connectivity index (χ4n) is 1.71. The van der Waals surface area contributed by atoms with Gasteiger partial charge in [0, 0.05) is 12.3 Å². The Morgan fingerprint density at radius 3 is 2.78 bits per heavy atom. The van der Waals surface area contributed by atoms with E-state index in [0.29, 0.717) is 28.4 Å². The van der Waals surface area contributed by atoms with Gasteiger partial charge >= 0.3 is 7.12 Å². The molecule has 0 bridgehead atoms. The molecule has 3 aromatic rings. The summed E-state index contributed by atoms with van der Waals surface area (Å²) >= 11 is 0. The Bertz CT molecular complexity index is 706. The summed E-state index contributed by atoms with van der Waals surface area (Å²) in [6.07, 6.45) is 1.55. The Morgan fingerprint density at radius 1 is 1.28 bits per heavy atom. The summed E-state index contributed by atoms with van der Waals surface area (Å²) in [5.74, 6) is 1.16. The monoisotopic (exact) mass is 244 g/mol. The third kappa shape index (κ3) is 1.67. The predicted molar refractivity (Wildman–Crippen MR) is 63.0 cm³/mol. The number of hydrogen-bond acceptors (Lipinski definition) is 6. The minimum Gasteiger partial charge on any atom is -0.423 e. The standard InChI is InChI=1S/C10H9BN4O3/c1-6-4-8(14-18-6)10-13-12-9-3-2-7(11(16)17)5-15(9)10/h2-5,16-17H,1H3. The summed E-state index contributed by atoms with van der Waals surface area (Å²) in [5, 5.41) is 30.1. The fraction of sp³-hybridized carbons (Fsp3) is 0.100. The quantitative estimate of drug-likeness (QED) is 0.582. The second-order valence-electron chi connectivity index (χ2n) is 3.91. The molecule has 2 N–H and O–H groups in total. The Kier molecular flexibility index (Phi) is 2.39. The molecule has 0 saturated carbocycles. The summed E-state index contributed by atoms with van der Waals surface area (Å²) in [6.45, 7) is 1.78. The molecule has 0 radical (unpaired) electrons. The first-order valence-electron chi connectivity index (χ1n) is 5.29. The van der Waals surface area contributed by atoms with Gasteiger partial charge in [-0.15, -0.1) is 10.2 Å². The van der Waals surface area contributed by atoms with Crippen molar-refractivity contribution in [3.8, 4) is 11.5 Å². The van der Waals surface area contributed by atoms with Crippen LogP contribution in [0.5, 0.6) is 0 Å². The molecule has 3 rings (SSSR count). The molecule has 8 heteroatoms. The summed E-state index contributed by atoms with van der Waals surface area (Å²) in [7, 11) is -1.54. The highest BCUT2D eigenvalue weighted by Gasteiger charge is 2.16. The van der Waals surface area contributed by atoms with E-state index in [1.54, 1.807) is 35.7 Å². The highest BCUT2D eigenvalue weighted by atomic mass is 16.5. The number of aryl methyl sites for hydroxylation is 1. The van der Waals surface area contributed by atoms with Gasteiger partial charge in [-0.25, -0.2) is 0 Å². The third-order valence-electron chi connectivity index (χ3n) is 2.58. The molecule has 0 spiro atoms. The fourth-order valence-corrected chi connectivity index (χ4v) is 1.71. The normalized spacial score (nSPS) is 11.1. The zero-order chi connectivity index (χ0) is 12.7. The van der Waals surface area contributed by atoms with Crippen LogP contribution in [0, 0.1) is 6.92 Å². The van der Waals surface area contributed by atoms with Gasteiger partial charge in [0.2, 0.25) is 0 Å². The van der Waals surface area contributed by atoms with Crippen molar-refractivity contribution in [3.05, 3.63) is 30.2 Å². The van der Waals surface area contributed by atoms with Crippen molar-refractivity contribution in [2.24, 2.45) is 0 Å². The zero-order valence-corrected chi connectivity index (χ0v) is 9.48. The lowest BCUT2D eigenvalue weighted by Crippen LogP contribution is -2.30. The van der Waals surface area contributed by atoms with Crippen molar-refractivity contribution in [2.45, 2.75) is 6.92 Å². The van der Waals surface area contributed by atoms with Crippen molar-refractivity contribution in [3.63, 3.8) is 0 Å². The van der Waals surface area contributed by atoms with Gasteiger partial charge in [-0.3, -0.25) is 4.40 Å². The minimum atomic E-state index is -1.54. The van der Waals surface area contributed by atoms with Crippen LogP contribution < -0.4 is 5.46 Å². The van der Waals surface area contributed by atoms with Crippen LogP contribution in [0.15, 0.2) is 28.9 Å². The van der Waals surface area contributed by atoms with Gasteiger partial charge in [-0.05, 0) is 18.5 Å². The Morgan fingerprint density at radius 2 is 2.11 bits per heavy atom. The lowest BCUT2D eigenvalue weighted by molar-refractivity contribution is 0.399. The first-order valence-corrected chi connectivity index (χ1v) is 5.29. The molecule has 0 aliphatic rings. The number of rotatable bonds is 2. The number of fused-ring (bicyclic) bond motifs is 1. The van der Waals surface area contributed by atoms with Gasteiger partial charge in [-0.1, -0.05) is 11.2 Å². The van der Waals surface area contributed by atoms with E-state index in [1.807, 2.05) is 0 Å². The van der Waals surface area contributed by atoms with Crippen LogP contribution >= 0.6 is 0 Å². The van der Waals surface area contributed by atoms with Crippen molar-refractivity contribution in [1.82, 2.24) is 19.8 Å². The van der Waals surface area contributed by atoms with E-state index in [1.165, 1.54) is 0 Å². The molecule has 0 saturated heterocycles. The maximum absolute atomic E-state index is 9.15. The predicted octanol–water partition coefficient (Wildman–Crippen LogP) is -0.627. The average Bonchev–Trinajstić information content (AvgIpc) is 2.93. The Labute approximate surface area is 102 Å². The van der Waals surface area contributed by atoms with Gasteiger partial charge in [0.15, 0.2) is 17.2 Å². The van der Waals surface area contributed by atoms with E-state index in [9.17, 15) is 0 Å². The summed E-state index contributed by atoms with van der Waals surface area (Å²) in [4.78, 5) is 0. The molecule has 0 amide bonds. The van der Waals surface area contributed by atoms with Crippen molar-refractivity contribution in [2.75, 3.05) is 0 Å². The number of aromatic nitrogens is 4. The van der Waals surface area contributed by atoms with Crippen LogP contribution in [0.3, 0.4) is 0 Å². The Hall–Kier alpha value is -2.19. The number of pyridine rings is 1. The molecule has 7 nitrogen and oxygen atoms in total. The average molecular weight is 244 g/mol. The van der Waals surface area contributed by atoms with Crippen LogP contribution in [-0.2, 0) is 0 Å². The smallest absolute Gasteiger partial charge is 0.423 e. The maximum atomic E-state index is 9.15. The largest absolute Gasteiger partial charge is 0.489 e. The lowest BCUT2D eigenvalue weighted by atomic mass is 9.82. The summed E-state index contributed by atoms with van der Waals surface area (Å²) in [5.41, 5.74) is 1.49. The molecule has 18 heavy (non-hydrogen) atoms. The summed E-state index contributed by atoms with van der Waals surface area (Å²) < 4.78 is 6.62. The molecular weight excluding hydrogens is 235 g/mol. The number of hydrogen-bond donors (Lipinski definition) is 2. The second-order valence-corrected chi connectivity index (χ2v) is 3.91. The SMILES string of the molecule is Cc1cc(-c2nnc3ccc(B(O)O)cn23)no1. The topological polar surface area (TPSA) is 96.7 Å². The molecule has 0 aliphatic heterocycles. The van der Waals surface area contributed by atoms with Crippen LogP contribution in [-0.4, -0.2) is 36.9 Å². The van der Waals surface area contributed by atoms with E-state index in [0.717, 1.165) is 0 Å². The van der Waals surface area contributed by atoms with Crippen LogP contribution in [0.25, 0.3) is 17.2 Å². The number of nitrogens with zero attached hydrogens (tertiary/aromatic N) is 4. The second kappa shape index (κ2) is 3.93. The Balaban J connectivity index is 2.20. The van der Waals surface area contributed by atoms with E-state index in [-0.39, 0.29) is 0 Å². The molecule has 0 fully saturated rings. The summed E-state index contributed by atoms with van der Waals surface area (Å²) in [6, 6.07) is 4.96. The van der Waals surface area contributed by atoms with E-state index in [2.05, 4.69) is 15.4 Å². The minimum absolute atomic E-state index is 0.351. The molecule has 0 aromatic carbocycles. The van der Waals surface area contributed by atoms with Crippen LogP contribution in [0.4, 0.5) is 0 Å². The van der Waals surface area contributed by atoms with Crippen LogP contribution in [0.1, 0.15) is 5.76 Å².